The van der Waals surface area contributed by atoms with Crippen LogP contribution in [0.3, 0.4) is 0 Å². The maximum Gasteiger partial charge on any atom is 0.344 e. The number of carbonyl (C=O) groups excluding carboxylic acids is 2. The van der Waals surface area contributed by atoms with Gasteiger partial charge in [-0.15, -0.1) is 0 Å². The van der Waals surface area contributed by atoms with Gasteiger partial charge in [-0.2, -0.15) is 5.10 Å². The Labute approximate surface area is 175 Å². The van der Waals surface area contributed by atoms with Crippen LogP contribution in [0.5, 0.6) is 11.5 Å². The summed E-state index contributed by atoms with van der Waals surface area (Å²) in [6.07, 6.45) is 1.45. The van der Waals surface area contributed by atoms with Gasteiger partial charge >= 0.3 is 5.97 Å². The number of hydrazone groups is 1. The lowest BCUT2D eigenvalue weighted by Gasteiger charge is -2.12. The SMILES string of the molecule is CCOC(=O)COc1cc(Br)c(/C=N\NC(=O)c2ccc(Cl)cc2)cc1OC. The molecule has 0 atom stereocenters. The minimum atomic E-state index is -0.476. The van der Waals surface area contributed by atoms with E-state index in [1.807, 2.05) is 0 Å². The molecule has 0 spiro atoms. The Balaban J connectivity index is 2.06. The number of ether oxygens (including phenoxy) is 3. The molecule has 0 radical (unpaired) electrons. The van der Waals surface area contributed by atoms with Crippen molar-refractivity contribution in [3.8, 4) is 11.5 Å². The number of esters is 1. The minimum Gasteiger partial charge on any atom is -0.493 e. The van der Waals surface area contributed by atoms with Crippen LogP contribution < -0.4 is 14.9 Å². The molecule has 0 unspecified atom stereocenters. The number of carbonyl (C=O) groups is 2. The number of benzene rings is 2. The largest absolute Gasteiger partial charge is 0.493 e. The van der Waals surface area contributed by atoms with Crippen molar-refractivity contribution in [2.45, 2.75) is 6.92 Å². The van der Waals surface area contributed by atoms with E-state index in [1.54, 1.807) is 43.3 Å². The van der Waals surface area contributed by atoms with Gasteiger partial charge in [0.15, 0.2) is 18.1 Å². The van der Waals surface area contributed by atoms with Crippen molar-refractivity contribution in [1.82, 2.24) is 5.43 Å². The Bertz CT molecular complexity index is 871. The summed E-state index contributed by atoms with van der Waals surface area (Å²) in [5.41, 5.74) is 3.50. The van der Waals surface area contributed by atoms with Crippen LogP contribution in [0.25, 0.3) is 0 Å². The average Bonchev–Trinajstić information content (AvgIpc) is 2.68. The second-order valence-corrected chi connectivity index (χ2v) is 6.62. The highest BCUT2D eigenvalue weighted by molar-refractivity contribution is 9.10. The second-order valence-electron chi connectivity index (χ2n) is 5.32. The summed E-state index contributed by atoms with van der Waals surface area (Å²) in [6.45, 7) is 1.76. The maximum atomic E-state index is 12.0. The molecule has 0 aliphatic rings. The van der Waals surface area contributed by atoms with Crippen molar-refractivity contribution in [2.24, 2.45) is 5.10 Å². The minimum absolute atomic E-state index is 0.235. The number of nitrogens with zero attached hydrogens (tertiary/aromatic N) is 1. The number of rotatable bonds is 8. The van der Waals surface area contributed by atoms with Gasteiger partial charge in [0.25, 0.3) is 5.91 Å². The monoisotopic (exact) mass is 468 g/mol. The molecule has 28 heavy (non-hydrogen) atoms. The van der Waals surface area contributed by atoms with Crippen LogP contribution >= 0.6 is 27.5 Å². The van der Waals surface area contributed by atoms with Gasteiger partial charge in [0.1, 0.15) is 0 Å². The van der Waals surface area contributed by atoms with Crippen LogP contribution in [0.15, 0.2) is 46.0 Å². The third kappa shape index (κ3) is 6.24. The molecule has 0 aliphatic heterocycles. The van der Waals surface area contributed by atoms with E-state index in [2.05, 4.69) is 26.5 Å². The fourth-order valence-corrected chi connectivity index (χ4v) is 2.64. The fraction of sp³-hybridized carbons (Fsp3) is 0.211. The molecule has 0 heterocycles. The first kappa shape index (κ1) is 21.7. The van der Waals surface area contributed by atoms with E-state index in [9.17, 15) is 9.59 Å². The molecule has 2 aromatic rings. The lowest BCUT2D eigenvalue weighted by Crippen LogP contribution is -2.17. The van der Waals surface area contributed by atoms with Crippen LogP contribution in [0.2, 0.25) is 5.02 Å². The third-order valence-corrected chi connectivity index (χ3v) is 4.35. The highest BCUT2D eigenvalue weighted by atomic mass is 79.9. The first-order valence-corrected chi connectivity index (χ1v) is 9.36. The van der Waals surface area contributed by atoms with E-state index in [1.165, 1.54) is 13.3 Å². The van der Waals surface area contributed by atoms with Crippen LogP contribution in [-0.2, 0) is 9.53 Å². The van der Waals surface area contributed by atoms with Crippen molar-refractivity contribution >= 4 is 45.6 Å². The van der Waals surface area contributed by atoms with Crippen molar-refractivity contribution in [1.29, 1.82) is 0 Å². The zero-order valence-electron chi connectivity index (χ0n) is 15.2. The van der Waals surface area contributed by atoms with Gasteiger partial charge < -0.3 is 14.2 Å². The molecule has 9 heteroatoms. The summed E-state index contributed by atoms with van der Waals surface area (Å²) < 4.78 is 16.2. The zero-order chi connectivity index (χ0) is 20.5. The van der Waals surface area contributed by atoms with Gasteiger partial charge in [0.2, 0.25) is 0 Å². The number of halogens is 2. The maximum absolute atomic E-state index is 12.0. The van der Waals surface area contributed by atoms with Gasteiger partial charge in [0, 0.05) is 20.6 Å². The standard InChI is InChI=1S/C19H18BrClN2O5/c1-3-27-18(24)11-28-17-9-15(20)13(8-16(17)26-2)10-22-23-19(25)12-4-6-14(21)7-5-12/h4-10H,3,11H2,1-2H3,(H,23,25)/b22-10-. The molecule has 1 N–H and O–H groups in total. The zero-order valence-corrected chi connectivity index (χ0v) is 17.5. The van der Waals surface area contributed by atoms with Crippen molar-refractivity contribution in [3.63, 3.8) is 0 Å². The molecule has 2 aromatic carbocycles. The van der Waals surface area contributed by atoms with Gasteiger partial charge in [-0.1, -0.05) is 11.6 Å². The van der Waals surface area contributed by atoms with E-state index in [-0.39, 0.29) is 19.1 Å². The predicted molar refractivity (Wildman–Crippen MR) is 109 cm³/mol. The molecule has 0 aromatic heterocycles. The molecular formula is C19H18BrClN2O5. The summed E-state index contributed by atoms with van der Waals surface area (Å²) in [4.78, 5) is 23.5. The second kappa shape index (κ2) is 10.7. The molecule has 7 nitrogen and oxygen atoms in total. The van der Waals surface area contributed by atoms with E-state index < -0.39 is 5.97 Å². The molecule has 0 saturated heterocycles. The van der Waals surface area contributed by atoms with Crippen molar-refractivity contribution in [3.05, 3.63) is 57.0 Å². The molecule has 0 fully saturated rings. The van der Waals surface area contributed by atoms with Crippen LogP contribution in [0, 0.1) is 0 Å². The molecule has 0 bridgehead atoms. The Morgan fingerprint density at radius 2 is 1.93 bits per heavy atom. The summed E-state index contributed by atoms with van der Waals surface area (Å²) in [5, 5.41) is 4.49. The van der Waals surface area contributed by atoms with E-state index in [0.29, 0.717) is 32.1 Å². The normalized spacial score (nSPS) is 10.6. The summed E-state index contributed by atoms with van der Waals surface area (Å²) in [7, 11) is 1.48. The quantitative estimate of drug-likeness (QED) is 0.361. The third-order valence-electron chi connectivity index (χ3n) is 3.41. The first-order chi connectivity index (χ1) is 13.4. The van der Waals surface area contributed by atoms with Crippen LogP contribution in [0.1, 0.15) is 22.8 Å². The Morgan fingerprint density at radius 1 is 1.21 bits per heavy atom. The van der Waals surface area contributed by atoms with E-state index in [0.717, 1.165) is 0 Å². The molecular weight excluding hydrogens is 452 g/mol. The molecule has 2 rings (SSSR count). The average molecular weight is 470 g/mol. The van der Waals surface area contributed by atoms with Gasteiger partial charge in [-0.3, -0.25) is 4.79 Å². The topological polar surface area (TPSA) is 86.2 Å². The summed E-state index contributed by atoms with van der Waals surface area (Å²) in [5.74, 6) is -0.0793. The van der Waals surface area contributed by atoms with Gasteiger partial charge in [0.05, 0.1) is 19.9 Å². The van der Waals surface area contributed by atoms with Crippen molar-refractivity contribution in [2.75, 3.05) is 20.3 Å². The smallest absolute Gasteiger partial charge is 0.344 e. The number of amides is 1. The Kier molecular flexibility index (Phi) is 8.28. The highest BCUT2D eigenvalue weighted by Gasteiger charge is 2.12. The fourth-order valence-electron chi connectivity index (χ4n) is 2.09. The first-order valence-electron chi connectivity index (χ1n) is 8.19. The molecule has 148 valence electrons. The van der Waals surface area contributed by atoms with Gasteiger partial charge in [-0.05, 0) is 59.3 Å². The highest BCUT2D eigenvalue weighted by Crippen LogP contribution is 2.33. The van der Waals surface area contributed by atoms with Crippen molar-refractivity contribution < 1.29 is 23.8 Å². The number of hydrogen-bond acceptors (Lipinski definition) is 6. The number of hydrogen-bond donors (Lipinski definition) is 1. The Morgan fingerprint density at radius 3 is 2.57 bits per heavy atom. The Hall–Kier alpha value is -2.58. The lowest BCUT2D eigenvalue weighted by molar-refractivity contribution is -0.145. The predicted octanol–water partition coefficient (Wildman–Crippen LogP) is 3.82. The lowest BCUT2D eigenvalue weighted by atomic mass is 10.2. The van der Waals surface area contributed by atoms with Crippen LogP contribution in [-0.4, -0.2) is 38.4 Å². The number of methoxy groups -OCH3 is 1. The molecule has 1 amide bonds. The van der Waals surface area contributed by atoms with Gasteiger partial charge in [-0.25, -0.2) is 10.2 Å². The van der Waals surface area contributed by atoms with E-state index in [4.69, 9.17) is 25.8 Å². The molecule has 0 aliphatic carbocycles. The van der Waals surface area contributed by atoms with E-state index >= 15 is 0 Å². The number of nitrogens with one attached hydrogen (secondary N) is 1. The van der Waals surface area contributed by atoms with Crippen LogP contribution in [0.4, 0.5) is 0 Å². The summed E-state index contributed by atoms with van der Waals surface area (Å²) in [6, 6.07) is 9.74. The summed E-state index contributed by atoms with van der Waals surface area (Å²) >= 11 is 9.20. The molecule has 0 saturated carbocycles.